The Hall–Kier alpha value is 0.685. The minimum atomic E-state index is -2.55. The maximum atomic E-state index is 9.47. The van der Waals surface area contributed by atoms with Crippen molar-refractivity contribution in [3.63, 3.8) is 0 Å². The highest BCUT2D eigenvalue weighted by Gasteiger charge is 2.41. The van der Waals surface area contributed by atoms with Gasteiger partial charge in [-0.3, -0.25) is 0 Å². The van der Waals surface area contributed by atoms with Crippen molar-refractivity contribution in [3.8, 4) is 0 Å². The van der Waals surface area contributed by atoms with Crippen LogP contribution in [0.1, 0.15) is 6.42 Å². The number of thiol groups is 1. The molecule has 1 fully saturated rings. The largest absolute Gasteiger partial charge is 0.382 e. The molecule has 0 bridgehead atoms. The zero-order chi connectivity index (χ0) is 10.8. The molecule has 1 saturated heterocycles. The molecular formula is C7H15BO4PS+. The van der Waals surface area contributed by atoms with E-state index in [9.17, 15) is 4.89 Å². The minimum Gasteiger partial charge on any atom is -0.382 e. The van der Waals surface area contributed by atoms with E-state index in [0.29, 0.717) is 13.0 Å². The number of methoxy groups -OCH3 is 1. The van der Waals surface area contributed by atoms with Crippen LogP contribution in [0.15, 0.2) is 0 Å². The first kappa shape index (κ1) is 12.8. The third kappa shape index (κ3) is 4.05. The normalized spacial score (nSPS) is 37.0. The first-order valence-electron chi connectivity index (χ1n) is 4.33. The van der Waals surface area contributed by atoms with Crippen LogP contribution in [0.25, 0.3) is 0 Å². The van der Waals surface area contributed by atoms with Crippen molar-refractivity contribution < 1.29 is 18.9 Å². The smallest absolute Gasteiger partial charge is 0.324 e. The molecule has 0 saturated carbocycles. The van der Waals surface area contributed by atoms with Gasteiger partial charge >= 0.3 is 6.92 Å². The fraction of sp³-hybridized carbons (Fsp3) is 1.00. The van der Waals surface area contributed by atoms with Crippen molar-refractivity contribution >= 4 is 27.0 Å². The molecule has 2 radical (unpaired) electrons. The second-order valence-electron chi connectivity index (χ2n) is 3.38. The minimum absolute atomic E-state index is 0.214. The van der Waals surface area contributed by atoms with E-state index in [-0.39, 0.29) is 18.2 Å². The molecule has 0 spiro atoms. The number of ether oxygens (including phenoxy) is 2. The monoisotopic (exact) mass is 237 g/mol. The Bertz CT molecular complexity index is 189. The summed E-state index contributed by atoms with van der Waals surface area (Å²) in [7, 11) is 7.19. The predicted octanol–water partition coefficient (Wildman–Crippen LogP) is 0.616. The molecule has 0 aromatic rings. The molecule has 1 aliphatic heterocycles. The molecule has 0 aromatic heterocycles. The standard InChI is InChI=1S/C7H15BO4PS/c1-10-4-6-5(3-7(8)11-6)12-13(2,9)14/h5-7,9,14H,3-4H2,1-2H3/q+1/t5?,6?,7-,13?/m1/s1. The Morgan fingerprint density at radius 2 is 2.36 bits per heavy atom. The summed E-state index contributed by atoms with van der Waals surface area (Å²) in [4.78, 5) is 9.47. The molecule has 80 valence electrons. The van der Waals surface area contributed by atoms with Crippen LogP contribution in [0.5, 0.6) is 0 Å². The van der Waals surface area contributed by atoms with Crippen molar-refractivity contribution in [1.82, 2.24) is 0 Å². The quantitative estimate of drug-likeness (QED) is 0.427. The molecule has 4 atom stereocenters. The first-order chi connectivity index (χ1) is 6.42. The van der Waals surface area contributed by atoms with Crippen molar-refractivity contribution in [1.29, 1.82) is 0 Å². The highest BCUT2D eigenvalue weighted by Crippen LogP contribution is 2.58. The van der Waals surface area contributed by atoms with Crippen LogP contribution in [0, 0.1) is 0 Å². The van der Waals surface area contributed by atoms with Gasteiger partial charge in [-0.25, -0.2) is 4.89 Å². The van der Waals surface area contributed by atoms with E-state index in [4.69, 9.17) is 21.8 Å². The third-order valence-corrected chi connectivity index (χ3v) is 2.85. The Balaban J connectivity index is 2.49. The van der Waals surface area contributed by atoms with Crippen molar-refractivity contribution in [2.24, 2.45) is 0 Å². The molecule has 1 rings (SSSR count). The van der Waals surface area contributed by atoms with Crippen LogP contribution in [0.4, 0.5) is 0 Å². The molecule has 1 heterocycles. The molecule has 3 unspecified atom stereocenters. The number of rotatable bonds is 4. The Morgan fingerprint density at radius 1 is 1.71 bits per heavy atom. The molecule has 0 aliphatic carbocycles. The van der Waals surface area contributed by atoms with Gasteiger partial charge in [0.1, 0.15) is 26.7 Å². The summed E-state index contributed by atoms with van der Waals surface area (Å²) in [5.74, 6) is 0. The Kier molecular flexibility index (Phi) is 4.69. The third-order valence-electron chi connectivity index (χ3n) is 1.89. The summed E-state index contributed by atoms with van der Waals surface area (Å²) in [6, 6.07) is -0.347. The topological polar surface area (TPSA) is 47.9 Å². The van der Waals surface area contributed by atoms with Gasteiger partial charge in [0.2, 0.25) is 0 Å². The lowest BCUT2D eigenvalue weighted by Crippen LogP contribution is -2.28. The van der Waals surface area contributed by atoms with Gasteiger partial charge in [-0.05, 0) is 6.42 Å². The van der Waals surface area contributed by atoms with E-state index >= 15 is 0 Å². The van der Waals surface area contributed by atoms with Crippen LogP contribution >= 0.6 is 19.2 Å². The summed E-state index contributed by atoms with van der Waals surface area (Å²) in [5.41, 5.74) is 0. The molecule has 1 N–H and O–H groups in total. The van der Waals surface area contributed by atoms with E-state index in [2.05, 4.69) is 12.2 Å². The van der Waals surface area contributed by atoms with E-state index < -0.39 is 6.92 Å². The van der Waals surface area contributed by atoms with E-state index in [1.807, 2.05) is 0 Å². The van der Waals surface area contributed by atoms with Crippen LogP contribution in [0.2, 0.25) is 0 Å². The van der Waals surface area contributed by atoms with Gasteiger partial charge in [-0.15, -0.1) is 0 Å². The summed E-state index contributed by atoms with van der Waals surface area (Å²) in [6.07, 6.45) is 0.115. The Morgan fingerprint density at radius 3 is 2.86 bits per heavy atom. The van der Waals surface area contributed by atoms with Crippen LogP contribution < -0.4 is 0 Å². The number of hydrogen-bond donors (Lipinski definition) is 2. The van der Waals surface area contributed by atoms with Gasteiger partial charge in [0.25, 0.3) is 0 Å². The van der Waals surface area contributed by atoms with Crippen molar-refractivity contribution in [3.05, 3.63) is 0 Å². The zero-order valence-electron chi connectivity index (χ0n) is 8.29. The Labute approximate surface area is 91.4 Å². The molecule has 4 nitrogen and oxygen atoms in total. The first-order valence-corrected chi connectivity index (χ1v) is 7.58. The summed E-state index contributed by atoms with van der Waals surface area (Å²) in [6.45, 7) is -0.581. The number of hydrogen-bond acceptors (Lipinski definition) is 5. The molecule has 14 heavy (non-hydrogen) atoms. The van der Waals surface area contributed by atoms with Crippen LogP contribution in [-0.4, -0.2) is 51.3 Å². The predicted molar refractivity (Wildman–Crippen MR) is 59.8 cm³/mol. The summed E-state index contributed by atoms with van der Waals surface area (Å²) in [5, 5.41) is 0. The van der Waals surface area contributed by atoms with Crippen LogP contribution in [-0.2, 0) is 14.0 Å². The maximum Gasteiger partial charge on any atom is 0.324 e. The van der Waals surface area contributed by atoms with Crippen molar-refractivity contribution in [2.75, 3.05) is 20.4 Å². The summed E-state index contributed by atoms with van der Waals surface area (Å²) < 4.78 is 15.7. The van der Waals surface area contributed by atoms with Gasteiger partial charge in [-0.1, -0.05) is 0 Å². The lowest BCUT2D eigenvalue weighted by molar-refractivity contribution is -0.0102. The second kappa shape index (κ2) is 5.15. The average molecular weight is 237 g/mol. The van der Waals surface area contributed by atoms with E-state index in [1.165, 1.54) is 0 Å². The van der Waals surface area contributed by atoms with Gasteiger partial charge in [-0.2, -0.15) is 4.52 Å². The van der Waals surface area contributed by atoms with Gasteiger partial charge < -0.3 is 9.47 Å². The lowest BCUT2D eigenvalue weighted by atomic mass is 9.96. The van der Waals surface area contributed by atoms with Crippen molar-refractivity contribution in [2.45, 2.75) is 24.6 Å². The van der Waals surface area contributed by atoms with E-state index in [0.717, 1.165) is 0 Å². The maximum absolute atomic E-state index is 9.47. The highest BCUT2D eigenvalue weighted by molar-refractivity contribution is 8.48. The van der Waals surface area contributed by atoms with E-state index in [1.54, 1.807) is 13.8 Å². The SMILES string of the molecule is [B][C@H]1CC(O[P+](C)(O)S)C(COC)O1. The fourth-order valence-corrected chi connectivity index (χ4v) is 2.52. The molecule has 0 aromatic carbocycles. The molecule has 7 heteroatoms. The lowest BCUT2D eigenvalue weighted by Gasteiger charge is -2.18. The zero-order valence-corrected chi connectivity index (χ0v) is 10.1. The average Bonchev–Trinajstić information content (AvgIpc) is 2.28. The molecular weight excluding hydrogens is 222 g/mol. The second-order valence-corrected chi connectivity index (χ2v) is 7.49. The molecule has 0 amide bonds. The highest BCUT2D eigenvalue weighted by atomic mass is 32.7. The van der Waals surface area contributed by atoms with Crippen LogP contribution in [0.3, 0.4) is 0 Å². The summed E-state index contributed by atoms with van der Waals surface area (Å²) >= 11 is 3.98. The van der Waals surface area contributed by atoms with Gasteiger partial charge in [0, 0.05) is 13.1 Å². The molecule has 1 aliphatic rings. The van der Waals surface area contributed by atoms with Gasteiger partial charge in [0.05, 0.1) is 18.9 Å². The van der Waals surface area contributed by atoms with Gasteiger partial charge in [0.15, 0.2) is 0 Å². The fourth-order valence-electron chi connectivity index (χ4n) is 1.43.